The Morgan fingerprint density at radius 1 is 1.39 bits per heavy atom. The van der Waals surface area contributed by atoms with Gasteiger partial charge in [-0.2, -0.15) is 0 Å². The van der Waals surface area contributed by atoms with Gasteiger partial charge in [-0.25, -0.2) is 17.2 Å². The molecule has 0 saturated heterocycles. The second kappa shape index (κ2) is 6.05. The number of hydrogen-bond acceptors (Lipinski definition) is 4. The third kappa shape index (κ3) is 4.27. The quantitative estimate of drug-likeness (QED) is 0.630. The lowest BCUT2D eigenvalue weighted by Crippen LogP contribution is -2.31. The van der Waals surface area contributed by atoms with Gasteiger partial charge in [-0.15, -0.1) is 0 Å². The Morgan fingerprint density at radius 3 is 2.28 bits per heavy atom. The summed E-state index contributed by atoms with van der Waals surface area (Å²) in [5.41, 5.74) is 1.97. The van der Waals surface area contributed by atoms with Gasteiger partial charge in [0.1, 0.15) is 21.5 Å². The molecule has 102 valence electrons. The number of halogens is 3. The monoisotopic (exact) mass is 342 g/mol. The first-order valence-corrected chi connectivity index (χ1v) is 7.88. The van der Waals surface area contributed by atoms with Crippen LogP contribution < -0.4 is 11.3 Å². The fourth-order valence-electron chi connectivity index (χ4n) is 1.53. The molecule has 1 rings (SSSR count). The van der Waals surface area contributed by atoms with Crippen LogP contribution >= 0.6 is 15.9 Å². The fourth-order valence-corrected chi connectivity index (χ4v) is 2.60. The van der Waals surface area contributed by atoms with E-state index in [2.05, 4.69) is 21.4 Å². The maximum absolute atomic E-state index is 13.7. The van der Waals surface area contributed by atoms with Crippen molar-refractivity contribution >= 4 is 25.8 Å². The zero-order valence-corrected chi connectivity index (χ0v) is 12.0. The fraction of sp³-hybridized carbons (Fsp3) is 0.400. The molecule has 0 aromatic heterocycles. The second-order valence-corrected chi connectivity index (χ2v) is 7.10. The molecular weight excluding hydrogens is 330 g/mol. The number of rotatable bonds is 5. The van der Waals surface area contributed by atoms with E-state index in [4.69, 9.17) is 5.84 Å². The summed E-state index contributed by atoms with van der Waals surface area (Å²) in [6.07, 6.45) is 1.04. The zero-order chi connectivity index (χ0) is 13.9. The van der Waals surface area contributed by atoms with Crippen LogP contribution in [0.2, 0.25) is 0 Å². The van der Waals surface area contributed by atoms with E-state index in [1.165, 1.54) is 0 Å². The van der Waals surface area contributed by atoms with E-state index in [9.17, 15) is 17.2 Å². The standard InChI is InChI=1S/C10H13BrF2N2O2S/c1-18(16,17)3-2-9(15-14)10-7(12)4-6(11)5-8(10)13/h4-5,9,15H,2-3,14H2,1H3. The van der Waals surface area contributed by atoms with E-state index in [-0.39, 0.29) is 22.2 Å². The van der Waals surface area contributed by atoms with Gasteiger partial charge >= 0.3 is 0 Å². The first-order valence-electron chi connectivity index (χ1n) is 5.03. The molecule has 8 heteroatoms. The molecule has 0 aliphatic heterocycles. The molecule has 0 saturated carbocycles. The van der Waals surface area contributed by atoms with Crippen LogP contribution in [0.15, 0.2) is 16.6 Å². The molecule has 1 atom stereocenters. The van der Waals surface area contributed by atoms with E-state index in [1.807, 2.05) is 0 Å². The Balaban J connectivity index is 3.02. The number of hydrazine groups is 1. The van der Waals surface area contributed by atoms with Gasteiger partial charge < -0.3 is 0 Å². The van der Waals surface area contributed by atoms with Crippen molar-refractivity contribution in [1.82, 2.24) is 5.43 Å². The zero-order valence-electron chi connectivity index (χ0n) is 9.58. The number of hydrogen-bond donors (Lipinski definition) is 2. The Kier molecular flexibility index (Phi) is 5.20. The summed E-state index contributed by atoms with van der Waals surface area (Å²) in [7, 11) is -3.22. The van der Waals surface area contributed by atoms with Crippen LogP contribution in [0.3, 0.4) is 0 Å². The molecule has 18 heavy (non-hydrogen) atoms. The van der Waals surface area contributed by atoms with E-state index < -0.39 is 27.5 Å². The summed E-state index contributed by atoms with van der Waals surface area (Å²) >= 11 is 2.96. The molecule has 1 aromatic carbocycles. The van der Waals surface area contributed by atoms with Crippen LogP contribution in [0.1, 0.15) is 18.0 Å². The van der Waals surface area contributed by atoms with Gasteiger partial charge in [0, 0.05) is 16.3 Å². The summed E-state index contributed by atoms with van der Waals surface area (Å²) in [6, 6.07) is 1.31. The molecule has 1 aromatic rings. The molecule has 0 fully saturated rings. The van der Waals surface area contributed by atoms with Gasteiger partial charge in [0.05, 0.1) is 11.8 Å². The smallest absolute Gasteiger partial charge is 0.147 e. The van der Waals surface area contributed by atoms with Crippen LogP contribution in [0, 0.1) is 11.6 Å². The van der Waals surface area contributed by atoms with Gasteiger partial charge in [-0.05, 0) is 18.6 Å². The topological polar surface area (TPSA) is 72.2 Å². The van der Waals surface area contributed by atoms with E-state index in [0.29, 0.717) is 0 Å². The minimum Gasteiger partial charge on any atom is -0.271 e. The average molecular weight is 343 g/mol. The number of benzene rings is 1. The molecule has 0 radical (unpaired) electrons. The van der Waals surface area contributed by atoms with Crippen LogP contribution in [0.25, 0.3) is 0 Å². The molecule has 0 bridgehead atoms. The van der Waals surface area contributed by atoms with Crippen LogP contribution in [0.5, 0.6) is 0 Å². The molecule has 0 aliphatic rings. The summed E-state index contributed by atoms with van der Waals surface area (Å²) < 4.78 is 49.7. The van der Waals surface area contributed by atoms with E-state index in [1.54, 1.807) is 0 Å². The summed E-state index contributed by atoms with van der Waals surface area (Å²) in [4.78, 5) is 0. The molecule has 0 heterocycles. The molecule has 3 N–H and O–H groups in total. The van der Waals surface area contributed by atoms with Crippen molar-refractivity contribution in [1.29, 1.82) is 0 Å². The number of nitrogens with one attached hydrogen (secondary N) is 1. The lowest BCUT2D eigenvalue weighted by Gasteiger charge is -2.17. The largest absolute Gasteiger partial charge is 0.271 e. The average Bonchev–Trinajstić information content (AvgIpc) is 2.20. The predicted octanol–water partition coefficient (Wildman–Crippen LogP) is 1.67. The van der Waals surface area contributed by atoms with Gasteiger partial charge in [-0.3, -0.25) is 11.3 Å². The lowest BCUT2D eigenvalue weighted by molar-refractivity contribution is 0.464. The van der Waals surface area contributed by atoms with Gasteiger partial charge in [0.2, 0.25) is 0 Å². The Bertz CT molecular complexity index is 514. The highest BCUT2D eigenvalue weighted by Crippen LogP contribution is 2.26. The highest BCUT2D eigenvalue weighted by atomic mass is 79.9. The third-order valence-electron chi connectivity index (χ3n) is 2.37. The van der Waals surface area contributed by atoms with Gasteiger partial charge in [0.25, 0.3) is 0 Å². The van der Waals surface area contributed by atoms with E-state index in [0.717, 1.165) is 18.4 Å². The van der Waals surface area contributed by atoms with Crippen molar-refractivity contribution < 1.29 is 17.2 Å². The maximum atomic E-state index is 13.7. The molecule has 0 amide bonds. The minimum atomic E-state index is -3.22. The first kappa shape index (κ1) is 15.5. The summed E-state index contributed by atoms with van der Waals surface area (Å²) in [5, 5.41) is 0. The third-order valence-corrected chi connectivity index (χ3v) is 3.81. The van der Waals surface area contributed by atoms with Crippen molar-refractivity contribution in [2.45, 2.75) is 12.5 Å². The van der Waals surface area contributed by atoms with Crippen LogP contribution in [-0.4, -0.2) is 20.4 Å². The van der Waals surface area contributed by atoms with Crippen LogP contribution in [0.4, 0.5) is 8.78 Å². The highest BCUT2D eigenvalue weighted by Gasteiger charge is 2.21. The molecule has 0 aliphatic carbocycles. The molecular formula is C10H13BrF2N2O2S. The van der Waals surface area contributed by atoms with Gasteiger partial charge in [0.15, 0.2) is 0 Å². The minimum absolute atomic E-state index is 0.00912. The molecule has 1 unspecified atom stereocenters. The second-order valence-electron chi connectivity index (χ2n) is 3.92. The summed E-state index contributed by atoms with van der Waals surface area (Å²) in [6.45, 7) is 0. The van der Waals surface area contributed by atoms with Crippen molar-refractivity contribution in [3.05, 3.63) is 33.8 Å². The van der Waals surface area contributed by atoms with E-state index >= 15 is 0 Å². The molecule has 4 nitrogen and oxygen atoms in total. The van der Waals surface area contributed by atoms with Crippen LogP contribution in [-0.2, 0) is 9.84 Å². The van der Waals surface area contributed by atoms with Crippen molar-refractivity contribution in [2.24, 2.45) is 5.84 Å². The Hall–Kier alpha value is -0.570. The predicted molar refractivity (Wildman–Crippen MR) is 68.4 cm³/mol. The normalized spacial score (nSPS) is 13.6. The highest BCUT2D eigenvalue weighted by molar-refractivity contribution is 9.10. The first-order chi connectivity index (χ1) is 8.24. The Labute approximate surface area is 113 Å². The Morgan fingerprint density at radius 2 is 1.89 bits per heavy atom. The van der Waals surface area contributed by atoms with Gasteiger partial charge in [-0.1, -0.05) is 15.9 Å². The summed E-state index contributed by atoms with van der Waals surface area (Å²) in [5.74, 6) is 3.45. The number of sulfone groups is 1. The maximum Gasteiger partial charge on any atom is 0.147 e. The van der Waals surface area contributed by atoms with Crippen molar-refractivity contribution in [2.75, 3.05) is 12.0 Å². The lowest BCUT2D eigenvalue weighted by atomic mass is 10.0. The van der Waals surface area contributed by atoms with Crippen molar-refractivity contribution in [3.8, 4) is 0 Å². The number of nitrogens with two attached hydrogens (primary N) is 1. The molecule has 0 spiro atoms. The van der Waals surface area contributed by atoms with Crippen molar-refractivity contribution in [3.63, 3.8) is 0 Å². The SMILES string of the molecule is CS(=O)(=O)CCC(NN)c1c(F)cc(Br)cc1F.